The number of carboxylic acid groups (broad SMARTS) is 1. The molecule has 2 aromatic rings. The van der Waals surface area contributed by atoms with Gasteiger partial charge in [-0.05, 0) is 61.1 Å². The SMILES string of the molecule is COC(=O)c1ccc(CN2C[C@H]3C[C@@H](Oc4ccc(F)cc4)[C@H](O)C[C@H]3C2)o1.O=CO. The van der Waals surface area contributed by atoms with Crippen LogP contribution in [0, 0.1) is 17.7 Å². The summed E-state index contributed by atoms with van der Waals surface area (Å²) in [6.07, 6.45) is 0.603. The first-order chi connectivity index (χ1) is 14.9. The van der Waals surface area contributed by atoms with E-state index in [4.69, 9.17) is 19.1 Å². The van der Waals surface area contributed by atoms with Gasteiger partial charge in [-0.25, -0.2) is 9.18 Å². The largest absolute Gasteiger partial charge is 0.488 e. The van der Waals surface area contributed by atoms with E-state index in [1.165, 1.54) is 19.2 Å². The zero-order valence-electron chi connectivity index (χ0n) is 17.1. The van der Waals surface area contributed by atoms with Crippen molar-refractivity contribution in [1.82, 2.24) is 4.90 Å². The standard InChI is InChI=1S/C21H24FNO5.CH2O2/c1-26-21(25)19-7-6-17(28-19)12-23-10-13-8-18(24)20(9-14(13)11-23)27-16-4-2-15(22)3-5-16;2-1-3/h2-7,13-14,18,20,24H,8-12H2,1H3;1H,(H,2,3)/t13-,14+,18+,20+;/m0./s1. The first-order valence-electron chi connectivity index (χ1n) is 10.0. The number of benzene rings is 1. The Bertz CT molecular complexity index is 869. The van der Waals surface area contributed by atoms with Crippen LogP contribution in [0.2, 0.25) is 0 Å². The van der Waals surface area contributed by atoms with Gasteiger partial charge in [0.05, 0.1) is 19.8 Å². The van der Waals surface area contributed by atoms with E-state index in [0.717, 1.165) is 25.3 Å². The predicted octanol–water partition coefficient (Wildman–Crippen LogP) is 2.56. The maximum atomic E-state index is 13.1. The van der Waals surface area contributed by atoms with Gasteiger partial charge in [-0.2, -0.15) is 0 Å². The summed E-state index contributed by atoms with van der Waals surface area (Å²) in [7, 11) is 1.32. The lowest BCUT2D eigenvalue weighted by Gasteiger charge is -2.35. The number of carbonyl (C=O) groups is 2. The molecule has 1 aliphatic carbocycles. The number of aliphatic hydroxyl groups is 1. The minimum atomic E-state index is -0.541. The Labute approximate surface area is 179 Å². The van der Waals surface area contributed by atoms with Gasteiger partial charge in [0.1, 0.15) is 23.4 Å². The van der Waals surface area contributed by atoms with E-state index in [0.29, 0.717) is 30.6 Å². The molecule has 2 fully saturated rings. The predicted molar refractivity (Wildman–Crippen MR) is 107 cm³/mol. The summed E-state index contributed by atoms with van der Waals surface area (Å²) in [4.78, 5) is 22.2. The molecule has 4 atom stereocenters. The zero-order valence-corrected chi connectivity index (χ0v) is 17.1. The van der Waals surface area contributed by atoms with Crippen molar-refractivity contribution in [2.24, 2.45) is 11.8 Å². The molecule has 168 valence electrons. The molecule has 2 heterocycles. The maximum absolute atomic E-state index is 13.1. The van der Waals surface area contributed by atoms with Crippen molar-refractivity contribution >= 4 is 12.4 Å². The van der Waals surface area contributed by atoms with Crippen molar-refractivity contribution in [3.8, 4) is 5.75 Å². The molecule has 1 aliphatic heterocycles. The molecule has 0 spiro atoms. The fourth-order valence-electron chi connectivity index (χ4n) is 4.32. The lowest BCUT2D eigenvalue weighted by Crippen LogP contribution is -2.42. The van der Waals surface area contributed by atoms with Crippen LogP contribution in [0.15, 0.2) is 40.8 Å². The first kappa shape index (κ1) is 22.8. The molecule has 1 saturated carbocycles. The van der Waals surface area contributed by atoms with Crippen LogP contribution >= 0.6 is 0 Å². The third-order valence-corrected chi connectivity index (χ3v) is 5.69. The van der Waals surface area contributed by atoms with Crippen LogP contribution in [-0.4, -0.2) is 60.0 Å². The number of methoxy groups -OCH3 is 1. The number of likely N-dealkylation sites (tertiary alicyclic amines) is 1. The highest BCUT2D eigenvalue weighted by molar-refractivity contribution is 5.86. The van der Waals surface area contributed by atoms with E-state index in [2.05, 4.69) is 9.64 Å². The average Bonchev–Trinajstić information content (AvgIpc) is 3.36. The summed E-state index contributed by atoms with van der Waals surface area (Å²) in [5.41, 5.74) is 0. The van der Waals surface area contributed by atoms with Crippen molar-refractivity contribution in [3.63, 3.8) is 0 Å². The van der Waals surface area contributed by atoms with Crippen LogP contribution in [0.5, 0.6) is 5.75 Å². The van der Waals surface area contributed by atoms with Gasteiger partial charge in [0.15, 0.2) is 0 Å². The molecule has 31 heavy (non-hydrogen) atoms. The van der Waals surface area contributed by atoms with Gasteiger partial charge in [-0.3, -0.25) is 9.69 Å². The van der Waals surface area contributed by atoms with E-state index in [1.54, 1.807) is 24.3 Å². The van der Waals surface area contributed by atoms with Gasteiger partial charge in [0.25, 0.3) is 6.47 Å². The first-order valence-corrected chi connectivity index (χ1v) is 10.0. The number of nitrogens with zero attached hydrogens (tertiary/aromatic N) is 1. The highest BCUT2D eigenvalue weighted by Gasteiger charge is 2.42. The molecule has 1 aromatic carbocycles. The minimum absolute atomic E-state index is 0.206. The summed E-state index contributed by atoms with van der Waals surface area (Å²) in [6, 6.07) is 9.31. The summed E-state index contributed by atoms with van der Waals surface area (Å²) in [5.74, 6) is 1.53. The fraction of sp³-hybridized carbons (Fsp3) is 0.455. The van der Waals surface area contributed by atoms with Crippen molar-refractivity contribution in [3.05, 3.63) is 53.7 Å². The molecule has 8 nitrogen and oxygen atoms in total. The summed E-state index contributed by atoms with van der Waals surface area (Å²) >= 11 is 0. The number of carbonyl (C=O) groups excluding carboxylic acids is 1. The Morgan fingerprint density at radius 3 is 2.48 bits per heavy atom. The molecule has 0 unspecified atom stereocenters. The zero-order chi connectivity index (χ0) is 22.4. The van der Waals surface area contributed by atoms with Crippen molar-refractivity contribution in [2.75, 3.05) is 20.2 Å². The van der Waals surface area contributed by atoms with Gasteiger partial charge >= 0.3 is 5.97 Å². The topological polar surface area (TPSA) is 109 Å². The number of hydrogen-bond donors (Lipinski definition) is 2. The number of furan rings is 1. The number of rotatable bonds is 5. The lowest BCUT2D eigenvalue weighted by molar-refractivity contribution is -0.122. The molecule has 0 amide bonds. The van der Waals surface area contributed by atoms with Gasteiger partial charge in [-0.1, -0.05) is 0 Å². The number of esters is 1. The van der Waals surface area contributed by atoms with E-state index >= 15 is 0 Å². The van der Waals surface area contributed by atoms with E-state index in [9.17, 15) is 14.3 Å². The Balaban J connectivity index is 0.000000858. The summed E-state index contributed by atoms with van der Waals surface area (Å²) in [6.45, 7) is 2.12. The monoisotopic (exact) mass is 435 g/mol. The van der Waals surface area contributed by atoms with E-state index in [1.807, 2.05) is 0 Å². The van der Waals surface area contributed by atoms with E-state index in [-0.39, 0.29) is 24.2 Å². The quantitative estimate of drug-likeness (QED) is 0.545. The van der Waals surface area contributed by atoms with Gasteiger partial charge < -0.3 is 24.1 Å². The molecule has 9 heteroatoms. The Morgan fingerprint density at radius 2 is 1.84 bits per heavy atom. The third-order valence-electron chi connectivity index (χ3n) is 5.69. The van der Waals surface area contributed by atoms with Crippen LogP contribution in [0.4, 0.5) is 4.39 Å². The summed E-state index contributed by atoms with van der Waals surface area (Å²) in [5, 5.41) is 17.4. The highest BCUT2D eigenvalue weighted by atomic mass is 19.1. The number of hydrogen-bond acceptors (Lipinski definition) is 7. The number of halogens is 1. The molecule has 2 N–H and O–H groups in total. The van der Waals surface area contributed by atoms with Crippen molar-refractivity contribution in [1.29, 1.82) is 0 Å². The van der Waals surface area contributed by atoms with E-state index < -0.39 is 12.1 Å². The number of ether oxygens (including phenoxy) is 2. The lowest BCUT2D eigenvalue weighted by atomic mass is 9.78. The molecule has 1 aromatic heterocycles. The van der Waals surface area contributed by atoms with Gasteiger partial charge in [-0.15, -0.1) is 0 Å². The second-order valence-electron chi connectivity index (χ2n) is 7.73. The van der Waals surface area contributed by atoms with Crippen LogP contribution in [0.3, 0.4) is 0 Å². The molecule has 2 aliphatic rings. The van der Waals surface area contributed by atoms with Gasteiger partial charge in [0.2, 0.25) is 5.76 Å². The van der Waals surface area contributed by atoms with Crippen molar-refractivity contribution in [2.45, 2.75) is 31.6 Å². The van der Waals surface area contributed by atoms with Gasteiger partial charge in [0, 0.05) is 13.1 Å². The van der Waals surface area contributed by atoms with Crippen LogP contribution in [0.1, 0.15) is 29.2 Å². The Morgan fingerprint density at radius 1 is 1.19 bits per heavy atom. The average molecular weight is 435 g/mol. The third kappa shape index (κ3) is 5.83. The normalized spacial score (nSPS) is 25.1. The molecule has 0 bridgehead atoms. The molecule has 0 radical (unpaired) electrons. The fourth-order valence-corrected chi connectivity index (χ4v) is 4.32. The van der Waals surface area contributed by atoms with Crippen LogP contribution < -0.4 is 4.74 Å². The second kappa shape index (κ2) is 10.4. The Kier molecular flexibility index (Phi) is 7.64. The van der Waals surface area contributed by atoms with Crippen LogP contribution in [0.25, 0.3) is 0 Å². The molecular formula is C22H26FNO7. The molecule has 4 rings (SSSR count). The molecule has 1 saturated heterocycles. The summed E-state index contributed by atoms with van der Waals surface area (Å²) < 4.78 is 29.2. The minimum Gasteiger partial charge on any atom is -0.488 e. The maximum Gasteiger partial charge on any atom is 0.373 e. The smallest absolute Gasteiger partial charge is 0.373 e. The number of aliphatic hydroxyl groups excluding tert-OH is 1. The number of fused-ring (bicyclic) bond motifs is 1. The van der Waals surface area contributed by atoms with Crippen LogP contribution in [-0.2, 0) is 16.1 Å². The Hall–Kier alpha value is -2.91. The highest BCUT2D eigenvalue weighted by Crippen LogP contribution is 2.38. The molecular weight excluding hydrogens is 409 g/mol. The van der Waals surface area contributed by atoms with Crippen molar-refractivity contribution < 1.29 is 38.1 Å². The second-order valence-corrected chi connectivity index (χ2v) is 7.73.